The summed E-state index contributed by atoms with van der Waals surface area (Å²) in [6.07, 6.45) is 5.75. The first-order valence-corrected chi connectivity index (χ1v) is 10.1. The van der Waals surface area contributed by atoms with Crippen molar-refractivity contribution in [3.63, 3.8) is 0 Å². The van der Waals surface area contributed by atoms with Gasteiger partial charge in [-0.25, -0.2) is 4.99 Å². The molecule has 156 valence electrons. The van der Waals surface area contributed by atoms with E-state index in [0.29, 0.717) is 11.6 Å². The van der Waals surface area contributed by atoms with Gasteiger partial charge in [-0.1, -0.05) is 57.2 Å². The van der Waals surface area contributed by atoms with E-state index < -0.39 is 5.54 Å². The molecule has 1 aromatic carbocycles. The zero-order valence-electron chi connectivity index (χ0n) is 17.7. The fourth-order valence-electron chi connectivity index (χ4n) is 3.75. The van der Waals surface area contributed by atoms with Crippen molar-refractivity contribution in [1.29, 1.82) is 0 Å². The molecule has 0 radical (unpaired) electrons. The summed E-state index contributed by atoms with van der Waals surface area (Å²) in [4.78, 5) is 9.30. The van der Waals surface area contributed by atoms with Crippen molar-refractivity contribution in [3.8, 4) is 22.9 Å². The number of aromatic nitrogens is 3. The number of aliphatic imine (C=N–C) groups is 1. The molecule has 7 nitrogen and oxygen atoms in total. The smallest absolute Gasteiger partial charge is 0.283 e. The number of hydrogen-bond donors (Lipinski definition) is 1. The van der Waals surface area contributed by atoms with Crippen molar-refractivity contribution in [2.24, 2.45) is 16.1 Å². The number of allylic oxidation sites excluding steroid dienone is 1. The van der Waals surface area contributed by atoms with Gasteiger partial charge in [0.15, 0.2) is 11.3 Å². The van der Waals surface area contributed by atoms with Crippen molar-refractivity contribution < 1.29 is 9.47 Å². The molecule has 2 N–H and O–H groups in total. The number of hydrogen-bond acceptors (Lipinski definition) is 7. The second kappa shape index (κ2) is 6.91. The lowest BCUT2D eigenvalue weighted by molar-refractivity contribution is 0.261. The molecular weight excluding hydrogens is 390 g/mol. The van der Waals surface area contributed by atoms with Crippen LogP contribution >= 0.6 is 0 Å². The zero-order chi connectivity index (χ0) is 21.6. The normalized spacial score (nSPS) is 19.5. The number of pyridine rings is 1. The highest BCUT2D eigenvalue weighted by atomic mass is 16.5. The molecule has 2 aliphatic rings. The quantitative estimate of drug-likeness (QED) is 0.673. The lowest BCUT2D eigenvalue weighted by Crippen LogP contribution is -2.32. The average Bonchev–Trinajstić information content (AvgIpc) is 3.15. The minimum atomic E-state index is -0.861. The maximum atomic E-state index is 6.06. The molecule has 1 atom stereocenters. The first-order chi connectivity index (χ1) is 14.8. The summed E-state index contributed by atoms with van der Waals surface area (Å²) in [5.41, 5.74) is 9.30. The molecule has 3 aromatic rings. The molecular formula is C24H23N5O2. The van der Waals surface area contributed by atoms with Gasteiger partial charge < -0.3 is 15.2 Å². The van der Waals surface area contributed by atoms with Gasteiger partial charge in [-0.3, -0.25) is 4.98 Å². The van der Waals surface area contributed by atoms with Gasteiger partial charge in [-0.15, -0.1) is 10.2 Å². The van der Waals surface area contributed by atoms with Crippen LogP contribution in [0.5, 0.6) is 11.6 Å². The second-order valence-corrected chi connectivity index (χ2v) is 8.82. The van der Waals surface area contributed by atoms with Crippen LogP contribution in [0, 0.1) is 5.41 Å². The molecule has 7 heteroatoms. The fraction of sp³-hybridized carbons (Fsp3) is 0.250. The summed E-state index contributed by atoms with van der Waals surface area (Å²) in [6.45, 7) is 6.65. The van der Waals surface area contributed by atoms with Gasteiger partial charge in [-0.2, -0.15) is 0 Å². The molecule has 4 heterocycles. The number of benzene rings is 1. The maximum absolute atomic E-state index is 6.06. The minimum Gasteiger partial charge on any atom is -0.462 e. The monoisotopic (exact) mass is 413 g/mol. The maximum Gasteiger partial charge on any atom is 0.283 e. The predicted molar refractivity (Wildman–Crippen MR) is 119 cm³/mol. The first-order valence-electron chi connectivity index (χ1n) is 10.1. The summed E-state index contributed by atoms with van der Waals surface area (Å²) in [5.74, 6) is 0.957. The molecule has 0 bridgehead atoms. The van der Waals surface area contributed by atoms with Crippen LogP contribution in [0.15, 0.2) is 59.7 Å². The average molecular weight is 413 g/mol. The lowest BCUT2D eigenvalue weighted by atomic mass is 9.82. The Labute approximate surface area is 180 Å². The van der Waals surface area contributed by atoms with E-state index in [9.17, 15) is 0 Å². The molecule has 0 saturated carbocycles. The highest BCUT2D eigenvalue weighted by molar-refractivity contribution is 5.77. The van der Waals surface area contributed by atoms with Crippen LogP contribution < -0.4 is 10.5 Å². The summed E-state index contributed by atoms with van der Waals surface area (Å²) in [5, 5.41) is 8.63. The molecule has 1 unspecified atom stereocenters. The van der Waals surface area contributed by atoms with Crippen LogP contribution in [-0.2, 0) is 10.3 Å². The van der Waals surface area contributed by atoms with Gasteiger partial charge in [-0.05, 0) is 23.6 Å². The number of ether oxygens (including phenoxy) is 2. The fourth-order valence-corrected chi connectivity index (χ4v) is 3.75. The topological polar surface area (TPSA) is 95.5 Å². The standard InChI is InChI=1S/C24H23N5O2/c1-23(2,3)10-9-16-11-18-21(29-28-16)31-20-13-26-19(15-7-5-4-6-8-15)12-17(20)24(18)14-30-22(25)27-24/h4-13H,14H2,1-3H3,(H2,25,27)/b10-9+. The summed E-state index contributed by atoms with van der Waals surface area (Å²) in [7, 11) is 0. The van der Waals surface area contributed by atoms with E-state index in [2.05, 4.69) is 42.0 Å². The number of amidine groups is 1. The Morgan fingerprint density at radius 3 is 2.58 bits per heavy atom. The number of fused-ring (bicyclic) bond motifs is 4. The third kappa shape index (κ3) is 3.42. The largest absolute Gasteiger partial charge is 0.462 e. The molecule has 1 spiro atoms. The van der Waals surface area contributed by atoms with Crippen LogP contribution in [0.4, 0.5) is 0 Å². The van der Waals surface area contributed by atoms with Crippen LogP contribution in [0.25, 0.3) is 17.3 Å². The van der Waals surface area contributed by atoms with E-state index in [1.165, 1.54) is 0 Å². The molecule has 2 aromatic heterocycles. The predicted octanol–water partition coefficient (Wildman–Crippen LogP) is 4.29. The van der Waals surface area contributed by atoms with E-state index >= 15 is 0 Å². The van der Waals surface area contributed by atoms with Gasteiger partial charge in [0.25, 0.3) is 6.02 Å². The van der Waals surface area contributed by atoms with Crippen LogP contribution in [0.2, 0.25) is 0 Å². The van der Waals surface area contributed by atoms with Crippen molar-refractivity contribution in [2.45, 2.75) is 26.3 Å². The molecule has 0 aliphatic carbocycles. The highest BCUT2D eigenvalue weighted by Crippen LogP contribution is 2.50. The SMILES string of the molecule is CC(C)(C)/C=C/c1cc2c(nn1)Oc1cnc(-c3ccccc3)cc1C21COC(N)=N1. The Kier molecular flexibility index (Phi) is 4.28. The Morgan fingerprint density at radius 2 is 1.87 bits per heavy atom. The van der Waals surface area contributed by atoms with Gasteiger partial charge >= 0.3 is 0 Å². The molecule has 0 saturated heterocycles. The summed E-state index contributed by atoms with van der Waals surface area (Å²) >= 11 is 0. The molecule has 0 amide bonds. The first kappa shape index (κ1) is 19.2. The molecule has 2 aliphatic heterocycles. The van der Waals surface area contributed by atoms with E-state index in [0.717, 1.165) is 28.1 Å². The Balaban J connectivity index is 1.67. The third-order valence-corrected chi connectivity index (χ3v) is 5.30. The Morgan fingerprint density at radius 1 is 1.06 bits per heavy atom. The van der Waals surface area contributed by atoms with E-state index in [1.807, 2.05) is 48.5 Å². The summed E-state index contributed by atoms with van der Waals surface area (Å²) in [6, 6.07) is 14.0. The number of rotatable bonds is 2. The van der Waals surface area contributed by atoms with Gasteiger partial charge in [0.1, 0.15) is 6.61 Å². The second-order valence-electron chi connectivity index (χ2n) is 8.82. The lowest BCUT2D eigenvalue weighted by Gasteiger charge is -2.32. The van der Waals surface area contributed by atoms with Crippen molar-refractivity contribution in [2.75, 3.05) is 6.61 Å². The minimum absolute atomic E-state index is 0.0215. The van der Waals surface area contributed by atoms with E-state index in [4.69, 9.17) is 20.2 Å². The Hall–Kier alpha value is -3.74. The van der Waals surface area contributed by atoms with Gasteiger partial charge in [0, 0.05) is 11.1 Å². The van der Waals surface area contributed by atoms with Crippen molar-refractivity contribution in [1.82, 2.24) is 15.2 Å². The molecule has 31 heavy (non-hydrogen) atoms. The highest BCUT2D eigenvalue weighted by Gasteiger charge is 2.48. The molecule has 5 rings (SSSR count). The summed E-state index contributed by atoms with van der Waals surface area (Å²) < 4.78 is 11.7. The number of nitrogens with zero attached hydrogens (tertiary/aromatic N) is 4. The third-order valence-electron chi connectivity index (χ3n) is 5.30. The van der Waals surface area contributed by atoms with Gasteiger partial charge in [0.05, 0.1) is 23.1 Å². The van der Waals surface area contributed by atoms with Gasteiger partial charge in [0.2, 0.25) is 5.88 Å². The van der Waals surface area contributed by atoms with Crippen molar-refractivity contribution >= 4 is 12.1 Å². The molecule has 0 fully saturated rings. The van der Waals surface area contributed by atoms with Crippen LogP contribution in [-0.4, -0.2) is 27.8 Å². The zero-order valence-corrected chi connectivity index (χ0v) is 17.7. The van der Waals surface area contributed by atoms with Crippen molar-refractivity contribution in [3.05, 3.63) is 71.6 Å². The number of nitrogens with two attached hydrogens (primary N) is 1. The van der Waals surface area contributed by atoms with E-state index in [-0.39, 0.29) is 18.0 Å². The van der Waals surface area contributed by atoms with Crippen LogP contribution in [0.1, 0.15) is 37.6 Å². The Bertz CT molecular complexity index is 1210. The van der Waals surface area contributed by atoms with Crippen LogP contribution in [0.3, 0.4) is 0 Å². The van der Waals surface area contributed by atoms with E-state index in [1.54, 1.807) is 6.20 Å².